The van der Waals surface area contributed by atoms with Gasteiger partial charge in [0.05, 0.1) is 5.69 Å². The average molecular weight is 514 g/mol. The number of allylic oxidation sites excluding steroid dienone is 3. The van der Waals surface area contributed by atoms with Crippen LogP contribution in [0, 0.1) is 13.8 Å². The van der Waals surface area contributed by atoms with Gasteiger partial charge in [-0.1, -0.05) is 61.0 Å². The molecule has 0 saturated heterocycles. The van der Waals surface area contributed by atoms with Gasteiger partial charge >= 0.3 is 0 Å². The van der Waals surface area contributed by atoms with Crippen molar-refractivity contribution in [3.8, 4) is 11.1 Å². The van der Waals surface area contributed by atoms with E-state index in [-0.39, 0.29) is 6.04 Å². The number of hydrogen-bond donors (Lipinski definition) is 2. The van der Waals surface area contributed by atoms with Crippen LogP contribution in [0.15, 0.2) is 65.8 Å². The number of aliphatic imine (C=N–C) groups is 1. The van der Waals surface area contributed by atoms with Gasteiger partial charge in [-0.15, -0.1) is 0 Å². The van der Waals surface area contributed by atoms with Gasteiger partial charge in [-0.3, -0.25) is 0 Å². The third-order valence-corrected chi connectivity index (χ3v) is 6.07. The molecule has 3 rings (SSSR count). The van der Waals surface area contributed by atoms with E-state index in [1.54, 1.807) is 7.05 Å². The molecule has 0 spiro atoms. The van der Waals surface area contributed by atoms with Crippen LogP contribution in [0.1, 0.15) is 75.0 Å². The van der Waals surface area contributed by atoms with E-state index in [1.807, 2.05) is 45.3 Å². The van der Waals surface area contributed by atoms with Crippen molar-refractivity contribution in [3.63, 3.8) is 0 Å². The van der Waals surface area contributed by atoms with Gasteiger partial charge in [-0.05, 0) is 107 Å². The molecule has 0 saturated carbocycles. The molecule has 0 bridgehead atoms. The van der Waals surface area contributed by atoms with E-state index in [4.69, 9.17) is 0 Å². The first-order chi connectivity index (χ1) is 18.3. The highest BCUT2D eigenvalue weighted by molar-refractivity contribution is 5.83. The lowest BCUT2D eigenvalue weighted by Crippen LogP contribution is -2.13. The minimum absolute atomic E-state index is 0.283. The van der Waals surface area contributed by atoms with Gasteiger partial charge < -0.3 is 15.6 Å². The highest BCUT2D eigenvalue weighted by Crippen LogP contribution is 2.33. The maximum Gasteiger partial charge on any atom is 0.223 e. The molecule has 0 radical (unpaired) electrons. The second-order valence-corrected chi connectivity index (χ2v) is 9.12. The zero-order valence-corrected chi connectivity index (χ0v) is 24.9. The molecule has 0 aliphatic rings. The number of aromatic nitrogens is 2. The summed E-state index contributed by atoms with van der Waals surface area (Å²) in [6.07, 6.45) is 9.09. The molecule has 1 atom stereocenters. The molecule has 2 aromatic carbocycles. The van der Waals surface area contributed by atoms with Crippen LogP contribution in [0.25, 0.3) is 22.8 Å². The lowest BCUT2D eigenvalue weighted by Gasteiger charge is -2.19. The number of rotatable bonds is 8. The molecule has 0 fully saturated rings. The molecule has 204 valence electrons. The normalized spacial score (nSPS) is 11.7. The molecular weight excluding hydrogens is 466 g/mol. The Morgan fingerprint density at radius 1 is 1.08 bits per heavy atom. The van der Waals surface area contributed by atoms with Gasteiger partial charge in [-0.25, -0.2) is 9.97 Å². The van der Waals surface area contributed by atoms with Crippen LogP contribution >= 0.6 is 0 Å². The Labute approximate surface area is 231 Å². The highest BCUT2D eigenvalue weighted by Gasteiger charge is 2.14. The van der Waals surface area contributed by atoms with E-state index < -0.39 is 0 Å². The van der Waals surface area contributed by atoms with E-state index in [9.17, 15) is 0 Å². The van der Waals surface area contributed by atoms with Crippen molar-refractivity contribution < 1.29 is 0 Å². The van der Waals surface area contributed by atoms with Crippen LogP contribution < -0.4 is 10.6 Å². The maximum atomic E-state index is 4.68. The smallest absolute Gasteiger partial charge is 0.223 e. The third kappa shape index (κ3) is 10.1. The maximum absolute atomic E-state index is 4.68. The quantitative estimate of drug-likeness (QED) is 0.235. The molecule has 38 heavy (non-hydrogen) atoms. The summed E-state index contributed by atoms with van der Waals surface area (Å²) in [5.41, 5.74) is 9.70. The number of aryl methyl sites for hydroxylation is 1. The minimum Gasteiger partial charge on any atom is -0.354 e. The second kappa shape index (κ2) is 17.8. The predicted octanol–water partition coefficient (Wildman–Crippen LogP) is 8.32. The van der Waals surface area contributed by atoms with Crippen molar-refractivity contribution >= 4 is 24.3 Å². The van der Waals surface area contributed by atoms with Gasteiger partial charge in [0, 0.05) is 25.8 Å². The first-order valence-electron chi connectivity index (χ1n) is 13.3. The Kier molecular flexibility index (Phi) is 15.2. The van der Waals surface area contributed by atoms with Crippen LogP contribution in [0.5, 0.6) is 0 Å². The summed E-state index contributed by atoms with van der Waals surface area (Å²) < 4.78 is 0. The van der Waals surface area contributed by atoms with Gasteiger partial charge in [0.1, 0.15) is 0 Å². The molecule has 0 aliphatic carbocycles. The number of anilines is 1. The molecule has 1 unspecified atom stereocenters. The Morgan fingerprint density at radius 2 is 1.76 bits per heavy atom. The van der Waals surface area contributed by atoms with Crippen molar-refractivity contribution in [3.05, 3.63) is 88.8 Å². The highest BCUT2D eigenvalue weighted by atomic mass is 15.1. The van der Waals surface area contributed by atoms with Crippen LogP contribution in [0.4, 0.5) is 5.95 Å². The van der Waals surface area contributed by atoms with Crippen LogP contribution in [0.2, 0.25) is 0 Å². The van der Waals surface area contributed by atoms with Crippen molar-refractivity contribution in [1.82, 2.24) is 15.3 Å². The van der Waals surface area contributed by atoms with Crippen molar-refractivity contribution in [2.24, 2.45) is 4.99 Å². The fourth-order valence-corrected chi connectivity index (χ4v) is 3.75. The molecule has 2 N–H and O–H groups in total. The van der Waals surface area contributed by atoms with Gasteiger partial charge in [0.15, 0.2) is 0 Å². The van der Waals surface area contributed by atoms with Crippen LogP contribution in [0.3, 0.4) is 0 Å². The summed E-state index contributed by atoms with van der Waals surface area (Å²) in [6.45, 7) is 18.8. The van der Waals surface area contributed by atoms with Gasteiger partial charge in [0.25, 0.3) is 0 Å². The topological polar surface area (TPSA) is 62.2 Å². The summed E-state index contributed by atoms with van der Waals surface area (Å²) in [6, 6.07) is 15.5. The van der Waals surface area contributed by atoms with E-state index in [0.29, 0.717) is 5.95 Å². The van der Waals surface area contributed by atoms with Crippen molar-refractivity contribution in [2.45, 2.75) is 60.9 Å². The van der Waals surface area contributed by atoms with E-state index >= 15 is 0 Å². The molecule has 5 nitrogen and oxygen atoms in total. The zero-order chi connectivity index (χ0) is 28.5. The fourth-order valence-electron chi connectivity index (χ4n) is 3.75. The molecule has 3 aromatic rings. The fraction of sp³-hybridized carbons (Fsp3) is 0.364. The van der Waals surface area contributed by atoms with E-state index in [0.717, 1.165) is 24.2 Å². The average Bonchev–Trinajstić information content (AvgIpc) is 2.93. The Balaban J connectivity index is 0.000000923. The first-order valence-corrected chi connectivity index (χ1v) is 13.3. The summed E-state index contributed by atoms with van der Waals surface area (Å²) in [7, 11) is 3.65. The van der Waals surface area contributed by atoms with Crippen LogP contribution in [-0.4, -0.2) is 37.3 Å². The van der Waals surface area contributed by atoms with Crippen LogP contribution in [-0.2, 0) is 0 Å². The molecular formula is C33H47N5. The number of hydrogen-bond acceptors (Lipinski definition) is 5. The standard InChI is InChI=1S/C27H34N4.C4H8.C2H5N/c1-7-14-29-27-30-15-13-26(31-27)19(3)17-22-9-8-10-23(20(22)4)25-16-18(2)11-12-24(25)21(5)28-6;1-3-4-2;1-3-2/h8-13,15-17,21,28H,7,14H2,1-6H3,(H,29,30,31);3-4H,1-2H3;1H2,2H3/b19-17+;4-3-;. The molecule has 0 amide bonds. The van der Waals surface area contributed by atoms with Gasteiger partial charge in [-0.2, -0.15) is 0 Å². The predicted molar refractivity (Wildman–Crippen MR) is 169 cm³/mol. The lowest BCUT2D eigenvalue weighted by molar-refractivity contribution is 0.653. The number of nitrogens with zero attached hydrogens (tertiary/aromatic N) is 3. The lowest BCUT2D eigenvalue weighted by atomic mass is 9.89. The Morgan fingerprint density at radius 3 is 2.37 bits per heavy atom. The first kappa shape index (κ1) is 32.5. The molecule has 1 aromatic heterocycles. The summed E-state index contributed by atoms with van der Waals surface area (Å²) in [5.74, 6) is 0.683. The number of benzene rings is 2. The minimum atomic E-state index is 0.283. The van der Waals surface area contributed by atoms with E-state index in [2.05, 4.69) is 109 Å². The zero-order valence-electron chi connectivity index (χ0n) is 24.9. The molecule has 5 heteroatoms. The molecule has 0 aliphatic heterocycles. The monoisotopic (exact) mass is 513 g/mol. The largest absolute Gasteiger partial charge is 0.354 e. The Bertz CT molecular complexity index is 1190. The summed E-state index contributed by atoms with van der Waals surface area (Å²) in [5, 5.41) is 6.65. The second-order valence-electron chi connectivity index (χ2n) is 9.12. The summed E-state index contributed by atoms with van der Waals surface area (Å²) in [4.78, 5) is 12.3. The Hall–Kier alpha value is -3.57. The van der Waals surface area contributed by atoms with Crippen molar-refractivity contribution in [2.75, 3.05) is 26.0 Å². The van der Waals surface area contributed by atoms with Gasteiger partial charge in [0.2, 0.25) is 5.95 Å². The van der Waals surface area contributed by atoms with E-state index in [1.165, 1.54) is 33.4 Å². The number of nitrogens with one attached hydrogen (secondary N) is 2. The van der Waals surface area contributed by atoms with Crippen molar-refractivity contribution in [1.29, 1.82) is 0 Å². The summed E-state index contributed by atoms with van der Waals surface area (Å²) >= 11 is 0. The third-order valence-electron chi connectivity index (χ3n) is 6.07. The molecule has 1 heterocycles. The SMILES string of the molecule is C/C=C\C.C=NC.CCCNc1nccc(/C(C)=C/c2cccc(-c3cc(C)ccc3C(C)NC)c2C)n1.